The van der Waals surface area contributed by atoms with E-state index in [0.717, 1.165) is 56.9 Å². The summed E-state index contributed by atoms with van der Waals surface area (Å²) in [6, 6.07) is 8.93. The first-order chi connectivity index (χ1) is 16.4. The van der Waals surface area contributed by atoms with Crippen molar-refractivity contribution >= 4 is 40.9 Å². The molecule has 2 aromatic rings. The van der Waals surface area contributed by atoms with Gasteiger partial charge in [-0.1, -0.05) is 19.1 Å². The van der Waals surface area contributed by atoms with Gasteiger partial charge < -0.3 is 4.90 Å². The molecule has 4 amide bonds. The minimum Gasteiger partial charge on any atom is -0.362 e. The number of aryl methyl sites for hydroxylation is 3. The van der Waals surface area contributed by atoms with Crippen molar-refractivity contribution in [1.29, 1.82) is 0 Å². The number of hydrogen-bond donors (Lipinski definition) is 1. The summed E-state index contributed by atoms with van der Waals surface area (Å²) in [5.41, 5.74) is 7.26. The molecule has 0 spiro atoms. The number of hydrogen-bond acceptors (Lipinski definition) is 4. The van der Waals surface area contributed by atoms with Crippen LogP contribution in [-0.4, -0.2) is 29.9 Å². The summed E-state index contributed by atoms with van der Waals surface area (Å²) in [5.74, 6) is -1.30. The molecule has 2 aliphatic heterocycles. The second kappa shape index (κ2) is 8.84. The summed E-state index contributed by atoms with van der Waals surface area (Å²) >= 11 is 0. The molecule has 0 unspecified atom stereocenters. The van der Waals surface area contributed by atoms with Crippen LogP contribution in [0, 0.1) is 20.8 Å². The summed E-state index contributed by atoms with van der Waals surface area (Å²) in [6.45, 7) is 15.4. The van der Waals surface area contributed by atoms with Crippen LogP contribution < -0.4 is 15.1 Å². The number of carbonyl (C=O) groups excluding carboxylic acids is 3. The second-order valence-corrected chi connectivity index (χ2v) is 10.2. The molecule has 0 saturated carbocycles. The van der Waals surface area contributed by atoms with Crippen molar-refractivity contribution in [2.45, 2.75) is 60.4 Å². The van der Waals surface area contributed by atoms with Crippen LogP contribution in [0.1, 0.15) is 61.9 Å². The Morgan fingerprint density at radius 2 is 1.60 bits per heavy atom. The fraction of sp³-hybridized carbons (Fsp3) is 0.345. The second-order valence-electron chi connectivity index (χ2n) is 10.2. The van der Waals surface area contributed by atoms with Gasteiger partial charge in [-0.05, 0) is 106 Å². The lowest BCUT2D eigenvalue weighted by molar-refractivity contribution is -0.122. The van der Waals surface area contributed by atoms with Crippen molar-refractivity contribution in [1.82, 2.24) is 5.32 Å². The minimum atomic E-state index is -0.736. The maximum absolute atomic E-state index is 13.4. The standard InChI is InChI=1S/C29H33N3O3/c1-8-9-31-25-13-19(4)21(14-23(25)20(5)16-29(31,6)7)15-24-26(33)30-28(35)32(27(24)34)22-11-17(2)10-18(3)12-22/h10-16H,8-9H2,1-7H3,(H,30,33,35)/b24-15-. The number of carbonyl (C=O) groups is 3. The maximum atomic E-state index is 13.4. The van der Waals surface area contributed by atoms with Crippen LogP contribution in [0.5, 0.6) is 0 Å². The van der Waals surface area contributed by atoms with E-state index in [1.165, 1.54) is 0 Å². The lowest BCUT2D eigenvalue weighted by atomic mass is 9.86. The molecule has 0 aromatic heterocycles. The number of rotatable bonds is 4. The number of fused-ring (bicyclic) bond motifs is 1. The average Bonchev–Trinajstić information content (AvgIpc) is 2.73. The molecule has 1 N–H and O–H groups in total. The summed E-state index contributed by atoms with van der Waals surface area (Å²) in [7, 11) is 0. The highest BCUT2D eigenvalue weighted by molar-refractivity contribution is 6.39. The Hall–Kier alpha value is -3.67. The van der Waals surface area contributed by atoms with Gasteiger partial charge in [0.1, 0.15) is 5.57 Å². The van der Waals surface area contributed by atoms with E-state index in [1.807, 2.05) is 32.9 Å². The molecule has 6 nitrogen and oxygen atoms in total. The number of amides is 4. The first kappa shape index (κ1) is 24.5. The monoisotopic (exact) mass is 471 g/mol. The third kappa shape index (κ3) is 4.41. The summed E-state index contributed by atoms with van der Waals surface area (Å²) in [4.78, 5) is 42.2. The van der Waals surface area contributed by atoms with Crippen LogP contribution in [0.2, 0.25) is 0 Å². The van der Waals surface area contributed by atoms with Crippen LogP contribution in [-0.2, 0) is 9.59 Å². The van der Waals surface area contributed by atoms with Crippen molar-refractivity contribution < 1.29 is 14.4 Å². The topological polar surface area (TPSA) is 69.7 Å². The normalized spacial score (nSPS) is 18.5. The van der Waals surface area contributed by atoms with E-state index in [1.54, 1.807) is 18.2 Å². The average molecular weight is 472 g/mol. The molecule has 2 aliphatic rings. The summed E-state index contributed by atoms with van der Waals surface area (Å²) in [5, 5.41) is 2.33. The number of nitrogens with one attached hydrogen (secondary N) is 1. The number of imide groups is 2. The Bertz CT molecular complexity index is 1300. The van der Waals surface area contributed by atoms with E-state index in [2.05, 4.69) is 50.1 Å². The molecule has 4 rings (SSSR count). The molecule has 0 bridgehead atoms. The molecule has 182 valence electrons. The predicted octanol–water partition coefficient (Wildman–Crippen LogP) is 5.69. The van der Waals surface area contributed by atoms with Crippen LogP contribution in [0.25, 0.3) is 11.6 Å². The zero-order valence-electron chi connectivity index (χ0n) is 21.6. The molecule has 0 radical (unpaired) electrons. The molecule has 2 heterocycles. The Balaban J connectivity index is 1.80. The summed E-state index contributed by atoms with van der Waals surface area (Å²) < 4.78 is 0. The van der Waals surface area contributed by atoms with Gasteiger partial charge in [0.25, 0.3) is 11.8 Å². The number of nitrogens with zero attached hydrogens (tertiary/aromatic N) is 2. The molecule has 35 heavy (non-hydrogen) atoms. The fourth-order valence-corrected chi connectivity index (χ4v) is 5.16. The van der Waals surface area contributed by atoms with Gasteiger partial charge in [-0.2, -0.15) is 0 Å². The highest BCUT2D eigenvalue weighted by Gasteiger charge is 2.37. The lowest BCUT2D eigenvalue weighted by Gasteiger charge is -2.43. The van der Waals surface area contributed by atoms with Gasteiger partial charge >= 0.3 is 6.03 Å². The van der Waals surface area contributed by atoms with Gasteiger partial charge in [0.05, 0.1) is 11.2 Å². The molecule has 0 aliphatic carbocycles. The smallest absolute Gasteiger partial charge is 0.335 e. The Kier molecular flexibility index (Phi) is 6.18. The highest BCUT2D eigenvalue weighted by Crippen LogP contribution is 2.41. The fourth-order valence-electron chi connectivity index (χ4n) is 5.16. The first-order valence-electron chi connectivity index (χ1n) is 12.0. The largest absolute Gasteiger partial charge is 0.362 e. The van der Waals surface area contributed by atoms with Gasteiger partial charge in [0.2, 0.25) is 0 Å². The number of allylic oxidation sites excluding steroid dienone is 1. The van der Waals surface area contributed by atoms with Crippen molar-refractivity contribution in [3.05, 3.63) is 69.8 Å². The molecule has 2 aromatic carbocycles. The van der Waals surface area contributed by atoms with E-state index < -0.39 is 17.8 Å². The molecular formula is C29H33N3O3. The maximum Gasteiger partial charge on any atom is 0.335 e. The highest BCUT2D eigenvalue weighted by atomic mass is 16.2. The Labute approximate surface area is 207 Å². The van der Waals surface area contributed by atoms with Crippen molar-refractivity contribution in [3.63, 3.8) is 0 Å². The van der Waals surface area contributed by atoms with Gasteiger partial charge in [0, 0.05) is 17.8 Å². The van der Waals surface area contributed by atoms with E-state index in [0.29, 0.717) is 5.69 Å². The third-order valence-electron chi connectivity index (χ3n) is 6.68. The quantitative estimate of drug-likeness (QED) is 0.459. The molecule has 0 atom stereocenters. The minimum absolute atomic E-state index is 0.0602. The van der Waals surface area contributed by atoms with Gasteiger partial charge in [-0.25, -0.2) is 9.69 Å². The van der Waals surface area contributed by atoms with E-state index in [4.69, 9.17) is 0 Å². The number of anilines is 2. The number of barbiturate groups is 1. The summed E-state index contributed by atoms with van der Waals surface area (Å²) in [6.07, 6.45) is 4.89. The number of benzene rings is 2. The van der Waals surface area contributed by atoms with Gasteiger partial charge in [-0.3, -0.25) is 14.9 Å². The Morgan fingerprint density at radius 1 is 0.943 bits per heavy atom. The third-order valence-corrected chi connectivity index (χ3v) is 6.68. The van der Waals surface area contributed by atoms with Crippen LogP contribution in [0.4, 0.5) is 16.2 Å². The predicted molar refractivity (Wildman–Crippen MR) is 141 cm³/mol. The van der Waals surface area contributed by atoms with Gasteiger partial charge in [0.15, 0.2) is 0 Å². The molecule has 1 fully saturated rings. The molecule has 6 heteroatoms. The van der Waals surface area contributed by atoms with E-state index in [-0.39, 0.29) is 11.1 Å². The van der Waals surface area contributed by atoms with Crippen LogP contribution >= 0.6 is 0 Å². The SMILES string of the molecule is CCCN1c2cc(C)c(/C=C3/C(=O)NC(=O)N(c4cc(C)cc(C)c4)C3=O)cc2C(C)=CC1(C)C. The van der Waals surface area contributed by atoms with Crippen molar-refractivity contribution in [2.75, 3.05) is 16.3 Å². The van der Waals surface area contributed by atoms with Crippen molar-refractivity contribution in [3.8, 4) is 0 Å². The first-order valence-corrected chi connectivity index (χ1v) is 12.0. The van der Waals surface area contributed by atoms with Crippen molar-refractivity contribution in [2.24, 2.45) is 0 Å². The zero-order valence-corrected chi connectivity index (χ0v) is 21.6. The van der Waals surface area contributed by atoms with Crippen LogP contribution in [0.3, 0.4) is 0 Å². The zero-order chi connectivity index (χ0) is 25.7. The van der Waals surface area contributed by atoms with Gasteiger partial charge in [-0.15, -0.1) is 0 Å². The van der Waals surface area contributed by atoms with E-state index >= 15 is 0 Å². The molecule has 1 saturated heterocycles. The number of urea groups is 1. The molecular weight excluding hydrogens is 438 g/mol. The lowest BCUT2D eigenvalue weighted by Crippen LogP contribution is -2.54. The van der Waals surface area contributed by atoms with Crippen LogP contribution in [0.15, 0.2) is 42.0 Å². The Morgan fingerprint density at radius 3 is 2.23 bits per heavy atom. The van der Waals surface area contributed by atoms with E-state index in [9.17, 15) is 14.4 Å².